The second-order valence-corrected chi connectivity index (χ2v) is 5.48. The number of aromatic nitrogens is 2. The summed E-state index contributed by atoms with van der Waals surface area (Å²) in [5.74, 6) is -0.472. The molecule has 17 heavy (non-hydrogen) atoms. The standard InChI is InChI=1S/C11H14N2O3S/c1-7(2)9(15)16-11(3,4)17-10-12-6-5-8(14)13-10/h5-6H,1H2,2-4H3,(H,12,13,14). The molecule has 0 saturated heterocycles. The van der Waals surface area contributed by atoms with Crippen LogP contribution in [0.15, 0.2) is 34.4 Å². The lowest BCUT2D eigenvalue weighted by molar-refractivity contribution is -0.144. The van der Waals surface area contributed by atoms with Gasteiger partial charge in [0, 0.05) is 17.8 Å². The molecule has 5 nitrogen and oxygen atoms in total. The van der Waals surface area contributed by atoms with E-state index in [0.29, 0.717) is 10.7 Å². The number of ether oxygens (including phenoxy) is 1. The molecule has 0 aliphatic heterocycles. The Morgan fingerprint density at radius 1 is 1.59 bits per heavy atom. The predicted molar refractivity (Wildman–Crippen MR) is 65.7 cm³/mol. The molecule has 0 unspecified atom stereocenters. The zero-order valence-electron chi connectivity index (χ0n) is 9.94. The van der Waals surface area contributed by atoms with E-state index in [2.05, 4.69) is 16.5 Å². The van der Waals surface area contributed by atoms with Crippen LogP contribution in [0, 0.1) is 0 Å². The molecule has 6 heteroatoms. The molecule has 0 aromatic carbocycles. The van der Waals surface area contributed by atoms with Crippen molar-refractivity contribution in [2.75, 3.05) is 0 Å². The van der Waals surface area contributed by atoms with Crippen molar-refractivity contribution in [1.29, 1.82) is 0 Å². The molecule has 0 radical (unpaired) electrons. The molecule has 0 fully saturated rings. The number of rotatable bonds is 4. The van der Waals surface area contributed by atoms with Crippen LogP contribution >= 0.6 is 11.8 Å². The SMILES string of the molecule is C=C(C)C(=O)OC(C)(C)Sc1nccc(=O)[nH]1. The van der Waals surface area contributed by atoms with E-state index in [1.165, 1.54) is 12.3 Å². The third-order valence-corrected chi connectivity index (χ3v) is 2.65. The van der Waals surface area contributed by atoms with Crippen molar-refractivity contribution in [3.05, 3.63) is 34.8 Å². The van der Waals surface area contributed by atoms with Crippen molar-refractivity contribution in [1.82, 2.24) is 9.97 Å². The van der Waals surface area contributed by atoms with Gasteiger partial charge in [-0.05, 0) is 32.5 Å². The molecule has 1 aromatic heterocycles. The predicted octanol–water partition coefficient (Wildman–Crippen LogP) is 1.72. The number of carbonyl (C=O) groups excluding carboxylic acids is 1. The number of aromatic amines is 1. The van der Waals surface area contributed by atoms with Crippen LogP contribution in [0.5, 0.6) is 0 Å². The Hall–Kier alpha value is -1.56. The van der Waals surface area contributed by atoms with Crippen molar-refractivity contribution in [3.8, 4) is 0 Å². The average Bonchev–Trinajstić information content (AvgIpc) is 2.15. The van der Waals surface area contributed by atoms with E-state index in [1.54, 1.807) is 20.8 Å². The zero-order valence-corrected chi connectivity index (χ0v) is 10.8. The normalized spacial score (nSPS) is 11.0. The first-order chi connectivity index (χ1) is 7.80. The molecule has 0 saturated carbocycles. The molecule has 1 rings (SSSR count). The topological polar surface area (TPSA) is 72.0 Å². The molecule has 0 bridgehead atoms. The summed E-state index contributed by atoms with van der Waals surface area (Å²) in [5.41, 5.74) is 0.0812. The lowest BCUT2D eigenvalue weighted by atomic mass is 10.3. The van der Waals surface area contributed by atoms with Crippen molar-refractivity contribution in [2.24, 2.45) is 0 Å². The van der Waals surface area contributed by atoms with Gasteiger partial charge in [-0.1, -0.05) is 6.58 Å². The number of carbonyl (C=O) groups is 1. The molecule has 0 amide bonds. The second-order valence-electron chi connectivity index (χ2n) is 3.91. The summed E-state index contributed by atoms with van der Waals surface area (Å²) in [6.07, 6.45) is 1.40. The summed E-state index contributed by atoms with van der Waals surface area (Å²) in [4.78, 5) is 28.2. The third kappa shape index (κ3) is 4.44. The first-order valence-electron chi connectivity index (χ1n) is 4.93. The highest BCUT2D eigenvalue weighted by Crippen LogP contribution is 2.30. The summed E-state index contributed by atoms with van der Waals surface area (Å²) in [6.45, 7) is 8.51. The fourth-order valence-corrected chi connectivity index (χ4v) is 1.82. The Kier molecular flexibility index (Phi) is 4.11. The maximum absolute atomic E-state index is 11.4. The minimum absolute atomic E-state index is 0.246. The smallest absolute Gasteiger partial charge is 0.334 e. The van der Waals surface area contributed by atoms with Gasteiger partial charge in [0.2, 0.25) is 0 Å². The fourth-order valence-electron chi connectivity index (χ4n) is 0.968. The van der Waals surface area contributed by atoms with Crippen LogP contribution in [0.4, 0.5) is 0 Å². The number of H-pyrrole nitrogens is 1. The first-order valence-corrected chi connectivity index (χ1v) is 5.75. The quantitative estimate of drug-likeness (QED) is 0.291. The van der Waals surface area contributed by atoms with Crippen LogP contribution in [0.3, 0.4) is 0 Å². The average molecular weight is 254 g/mol. The number of nitrogens with one attached hydrogen (secondary N) is 1. The highest BCUT2D eigenvalue weighted by Gasteiger charge is 2.25. The molecule has 1 N–H and O–H groups in total. The summed E-state index contributed by atoms with van der Waals surface area (Å²) in [6, 6.07) is 1.32. The number of hydrogen-bond acceptors (Lipinski definition) is 5. The van der Waals surface area contributed by atoms with Crippen LogP contribution in [0.2, 0.25) is 0 Å². The largest absolute Gasteiger partial charge is 0.445 e. The van der Waals surface area contributed by atoms with E-state index in [9.17, 15) is 9.59 Å². The van der Waals surface area contributed by atoms with Crippen LogP contribution in [-0.2, 0) is 9.53 Å². The van der Waals surface area contributed by atoms with Gasteiger partial charge >= 0.3 is 5.97 Å². The van der Waals surface area contributed by atoms with Gasteiger partial charge in [-0.2, -0.15) is 0 Å². The Morgan fingerprint density at radius 2 is 2.24 bits per heavy atom. The fraction of sp³-hybridized carbons (Fsp3) is 0.364. The molecule has 0 spiro atoms. The lowest BCUT2D eigenvalue weighted by Crippen LogP contribution is -2.25. The first kappa shape index (κ1) is 13.5. The highest BCUT2D eigenvalue weighted by atomic mass is 32.2. The Balaban J connectivity index is 2.76. The van der Waals surface area contributed by atoms with E-state index in [-0.39, 0.29) is 5.56 Å². The number of hydrogen-bond donors (Lipinski definition) is 1. The van der Waals surface area contributed by atoms with E-state index in [0.717, 1.165) is 11.8 Å². The van der Waals surface area contributed by atoms with Crippen molar-refractivity contribution in [3.63, 3.8) is 0 Å². The number of esters is 1. The Morgan fingerprint density at radius 3 is 2.76 bits per heavy atom. The molecule has 0 aliphatic carbocycles. The van der Waals surface area contributed by atoms with Crippen molar-refractivity contribution in [2.45, 2.75) is 30.9 Å². The maximum atomic E-state index is 11.4. The molecule has 0 atom stereocenters. The van der Waals surface area contributed by atoms with Gasteiger partial charge in [0.15, 0.2) is 10.1 Å². The second kappa shape index (κ2) is 5.18. The molecular formula is C11H14N2O3S. The molecule has 92 valence electrons. The van der Waals surface area contributed by atoms with Gasteiger partial charge < -0.3 is 9.72 Å². The number of thioether (sulfide) groups is 1. The van der Waals surface area contributed by atoms with Gasteiger partial charge in [-0.25, -0.2) is 9.78 Å². The van der Waals surface area contributed by atoms with E-state index < -0.39 is 10.9 Å². The van der Waals surface area contributed by atoms with Crippen LogP contribution in [0.25, 0.3) is 0 Å². The summed E-state index contributed by atoms with van der Waals surface area (Å²) >= 11 is 1.15. The van der Waals surface area contributed by atoms with E-state index in [4.69, 9.17) is 4.74 Å². The highest BCUT2D eigenvalue weighted by molar-refractivity contribution is 8.00. The molecular weight excluding hydrogens is 240 g/mol. The minimum atomic E-state index is -0.826. The summed E-state index contributed by atoms with van der Waals surface area (Å²) < 4.78 is 5.21. The maximum Gasteiger partial charge on any atom is 0.334 e. The number of nitrogens with zero attached hydrogens (tertiary/aromatic N) is 1. The van der Waals surface area contributed by atoms with Gasteiger partial charge in [0.1, 0.15) is 0 Å². The van der Waals surface area contributed by atoms with Gasteiger partial charge in [-0.3, -0.25) is 4.79 Å². The van der Waals surface area contributed by atoms with Crippen molar-refractivity contribution < 1.29 is 9.53 Å². The van der Waals surface area contributed by atoms with Crippen LogP contribution < -0.4 is 5.56 Å². The monoisotopic (exact) mass is 254 g/mol. The minimum Gasteiger partial charge on any atom is -0.445 e. The van der Waals surface area contributed by atoms with E-state index >= 15 is 0 Å². The summed E-state index contributed by atoms with van der Waals surface area (Å²) in [7, 11) is 0. The van der Waals surface area contributed by atoms with Crippen LogP contribution in [0.1, 0.15) is 20.8 Å². The summed E-state index contributed by atoms with van der Waals surface area (Å²) in [5, 5.41) is 0.400. The molecule has 1 aromatic rings. The van der Waals surface area contributed by atoms with Gasteiger partial charge in [0.05, 0.1) is 0 Å². The lowest BCUT2D eigenvalue weighted by Gasteiger charge is -2.23. The van der Waals surface area contributed by atoms with E-state index in [1.807, 2.05) is 0 Å². The molecule has 0 aliphatic rings. The zero-order chi connectivity index (χ0) is 13.1. The van der Waals surface area contributed by atoms with Gasteiger partial charge in [-0.15, -0.1) is 0 Å². The Bertz CT molecular complexity index is 493. The van der Waals surface area contributed by atoms with Gasteiger partial charge in [0.25, 0.3) is 5.56 Å². The van der Waals surface area contributed by atoms with Crippen molar-refractivity contribution >= 4 is 17.7 Å². The Labute approximate surface area is 103 Å². The third-order valence-electron chi connectivity index (χ3n) is 1.68. The molecule has 1 heterocycles. The van der Waals surface area contributed by atoms with Crippen LogP contribution in [-0.4, -0.2) is 20.9 Å².